The van der Waals surface area contributed by atoms with Gasteiger partial charge in [0.2, 0.25) is 5.56 Å². The van der Waals surface area contributed by atoms with Crippen LogP contribution < -0.4 is 10.3 Å². The molecule has 8 heteroatoms. The lowest BCUT2D eigenvalue weighted by Gasteiger charge is -2.26. The molecule has 2 aromatic rings. The molecule has 0 aliphatic carbocycles. The smallest absolute Gasteiger partial charge is 0.286 e. The van der Waals surface area contributed by atoms with E-state index < -0.39 is 29.1 Å². The Morgan fingerprint density at radius 1 is 1.15 bits per heavy atom. The first-order valence-corrected chi connectivity index (χ1v) is 7.88. The summed E-state index contributed by atoms with van der Waals surface area (Å²) < 4.78 is 5.07. The number of aromatic nitrogens is 1. The standard InChI is InChI=1S/C18H16N2O6/c1-26-11-5-2-10(3-6-11)4-8-13(21)15-16-12(7-9-14(22)19-16)17(23)20(25)18(15)24/h2-3,5-7,9,15,25H,4,8H2,1H3,(H,19,22). The van der Waals surface area contributed by atoms with Crippen LogP contribution in [0.3, 0.4) is 0 Å². The quantitative estimate of drug-likeness (QED) is 0.470. The van der Waals surface area contributed by atoms with Crippen LogP contribution in [-0.2, 0) is 16.0 Å². The second-order valence-electron chi connectivity index (χ2n) is 5.85. The minimum Gasteiger partial charge on any atom is -0.497 e. The number of ketones is 1. The van der Waals surface area contributed by atoms with Crippen LogP contribution in [0.2, 0.25) is 0 Å². The highest BCUT2D eigenvalue weighted by molar-refractivity contribution is 6.18. The molecule has 2 heterocycles. The van der Waals surface area contributed by atoms with Gasteiger partial charge in [0.25, 0.3) is 11.8 Å². The number of amides is 2. The molecule has 1 aliphatic heterocycles. The summed E-state index contributed by atoms with van der Waals surface area (Å²) in [6, 6.07) is 9.40. The normalized spacial score (nSPS) is 16.4. The largest absolute Gasteiger partial charge is 0.497 e. The molecule has 0 radical (unpaired) electrons. The summed E-state index contributed by atoms with van der Waals surface area (Å²) in [5, 5.41) is 9.63. The topological polar surface area (TPSA) is 117 Å². The van der Waals surface area contributed by atoms with E-state index in [0.29, 0.717) is 12.2 Å². The number of imide groups is 1. The lowest BCUT2D eigenvalue weighted by molar-refractivity contribution is -0.158. The fourth-order valence-corrected chi connectivity index (χ4v) is 2.87. The highest BCUT2D eigenvalue weighted by atomic mass is 16.5. The molecule has 134 valence electrons. The molecule has 0 spiro atoms. The maximum atomic E-state index is 12.6. The van der Waals surface area contributed by atoms with Crippen molar-refractivity contribution >= 4 is 17.6 Å². The van der Waals surface area contributed by atoms with Crippen molar-refractivity contribution in [3.8, 4) is 5.75 Å². The predicted octanol–water partition coefficient (Wildman–Crippen LogP) is 1.04. The zero-order chi connectivity index (χ0) is 18.8. The lowest BCUT2D eigenvalue weighted by atomic mass is 9.88. The number of ether oxygens (including phenoxy) is 1. The van der Waals surface area contributed by atoms with Crippen LogP contribution in [0.5, 0.6) is 5.75 Å². The van der Waals surface area contributed by atoms with Crippen molar-refractivity contribution in [1.29, 1.82) is 0 Å². The number of Topliss-reactive ketones (excluding diaryl/α,β-unsaturated/α-hetero) is 1. The van der Waals surface area contributed by atoms with Crippen molar-refractivity contribution in [3.63, 3.8) is 0 Å². The van der Waals surface area contributed by atoms with Gasteiger partial charge in [-0.25, -0.2) is 0 Å². The summed E-state index contributed by atoms with van der Waals surface area (Å²) in [5.74, 6) is -3.27. The summed E-state index contributed by atoms with van der Waals surface area (Å²) in [6.07, 6.45) is 0.361. The van der Waals surface area contributed by atoms with Gasteiger partial charge in [0.15, 0.2) is 5.78 Å². The van der Waals surface area contributed by atoms with Crippen LogP contribution >= 0.6 is 0 Å². The molecule has 2 N–H and O–H groups in total. The van der Waals surface area contributed by atoms with Gasteiger partial charge in [-0.15, -0.1) is 0 Å². The molecule has 8 nitrogen and oxygen atoms in total. The number of H-pyrrole nitrogens is 1. The molecule has 0 saturated carbocycles. The molecule has 26 heavy (non-hydrogen) atoms. The zero-order valence-electron chi connectivity index (χ0n) is 13.9. The first kappa shape index (κ1) is 17.6. The summed E-state index contributed by atoms with van der Waals surface area (Å²) >= 11 is 0. The molecule has 1 atom stereocenters. The number of fused-ring (bicyclic) bond motifs is 1. The summed E-state index contributed by atoms with van der Waals surface area (Å²) in [6.45, 7) is 0. The van der Waals surface area contributed by atoms with E-state index in [0.717, 1.165) is 11.6 Å². The summed E-state index contributed by atoms with van der Waals surface area (Å²) in [5.41, 5.74) is 0.178. The van der Waals surface area contributed by atoms with E-state index in [1.54, 1.807) is 31.4 Å². The van der Waals surface area contributed by atoms with Crippen LogP contribution in [0.25, 0.3) is 0 Å². The third-order valence-electron chi connectivity index (χ3n) is 4.26. The van der Waals surface area contributed by atoms with Crippen molar-refractivity contribution in [2.24, 2.45) is 0 Å². The average molecular weight is 356 g/mol. The van der Waals surface area contributed by atoms with E-state index in [-0.39, 0.29) is 22.7 Å². The number of rotatable bonds is 5. The summed E-state index contributed by atoms with van der Waals surface area (Å²) in [4.78, 5) is 50.8. The van der Waals surface area contributed by atoms with E-state index in [1.807, 2.05) is 0 Å². The SMILES string of the molecule is COc1ccc(CCC(=O)C2C(=O)N(O)C(=O)c3ccc(=O)[nH]c32)cc1. The predicted molar refractivity (Wildman–Crippen MR) is 89.1 cm³/mol. The molecule has 0 saturated heterocycles. The first-order chi connectivity index (χ1) is 12.4. The Morgan fingerprint density at radius 2 is 1.85 bits per heavy atom. The van der Waals surface area contributed by atoms with Crippen LogP contribution in [0.1, 0.15) is 34.0 Å². The Morgan fingerprint density at radius 3 is 2.50 bits per heavy atom. The average Bonchev–Trinajstić information content (AvgIpc) is 2.65. The highest BCUT2D eigenvalue weighted by Crippen LogP contribution is 2.28. The monoisotopic (exact) mass is 356 g/mol. The van der Waals surface area contributed by atoms with Gasteiger partial charge in [0.1, 0.15) is 11.7 Å². The molecule has 1 unspecified atom stereocenters. The minimum absolute atomic E-state index is 0.00112. The van der Waals surface area contributed by atoms with Gasteiger partial charge in [-0.2, -0.15) is 5.06 Å². The lowest BCUT2D eigenvalue weighted by Crippen LogP contribution is -2.46. The van der Waals surface area contributed by atoms with Gasteiger partial charge < -0.3 is 9.72 Å². The molecular formula is C18H16N2O6. The number of aryl methyl sites for hydroxylation is 1. The van der Waals surface area contributed by atoms with Gasteiger partial charge in [-0.1, -0.05) is 12.1 Å². The molecule has 3 rings (SSSR count). The summed E-state index contributed by atoms with van der Waals surface area (Å²) in [7, 11) is 1.55. The van der Waals surface area contributed by atoms with Crippen molar-refractivity contribution in [2.45, 2.75) is 18.8 Å². The van der Waals surface area contributed by atoms with Gasteiger partial charge in [-0.05, 0) is 30.2 Å². The van der Waals surface area contributed by atoms with E-state index in [1.165, 1.54) is 6.07 Å². The number of hydrogen-bond acceptors (Lipinski definition) is 6. The van der Waals surface area contributed by atoms with Gasteiger partial charge in [0.05, 0.1) is 18.4 Å². The number of benzene rings is 1. The molecule has 0 bridgehead atoms. The number of aromatic amines is 1. The fraction of sp³-hybridized carbons (Fsp3) is 0.222. The number of carbonyl (C=O) groups is 3. The van der Waals surface area contributed by atoms with Gasteiger partial charge in [0, 0.05) is 12.5 Å². The second kappa shape index (κ2) is 6.93. The van der Waals surface area contributed by atoms with Crippen LogP contribution in [0, 0.1) is 0 Å². The third-order valence-corrected chi connectivity index (χ3v) is 4.26. The van der Waals surface area contributed by atoms with Gasteiger partial charge >= 0.3 is 0 Å². The fourth-order valence-electron chi connectivity index (χ4n) is 2.87. The van der Waals surface area contributed by atoms with Gasteiger partial charge in [-0.3, -0.25) is 24.4 Å². The highest BCUT2D eigenvalue weighted by Gasteiger charge is 2.42. The Bertz CT molecular complexity index is 931. The van der Waals surface area contributed by atoms with Crippen molar-refractivity contribution in [1.82, 2.24) is 10.0 Å². The van der Waals surface area contributed by atoms with Crippen LogP contribution in [-0.4, -0.2) is 40.0 Å². The first-order valence-electron chi connectivity index (χ1n) is 7.88. The Hall–Kier alpha value is -3.26. The molecule has 1 aromatic heterocycles. The van der Waals surface area contributed by atoms with Crippen molar-refractivity contribution in [2.75, 3.05) is 7.11 Å². The number of pyridine rings is 1. The van der Waals surface area contributed by atoms with Crippen LogP contribution in [0.15, 0.2) is 41.2 Å². The van der Waals surface area contributed by atoms with E-state index in [2.05, 4.69) is 4.98 Å². The number of hydrogen-bond donors (Lipinski definition) is 2. The molecule has 1 aliphatic rings. The maximum Gasteiger partial charge on any atom is 0.286 e. The molecule has 1 aromatic carbocycles. The molecule has 0 fully saturated rings. The third kappa shape index (κ3) is 3.14. The number of carbonyl (C=O) groups excluding carboxylic acids is 3. The number of nitrogens with zero attached hydrogens (tertiary/aromatic N) is 1. The van der Waals surface area contributed by atoms with E-state index >= 15 is 0 Å². The number of nitrogens with one attached hydrogen (secondary N) is 1. The molecular weight excluding hydrogens is 340 g/mol. The minimum atomic E-state index is -1.42. The second-order valence-corrected chi connectivity index (χ2v) is 5.85. The van der Waals surface area contributed by atoms with E-state index in [4.69, 9.17) is 4.74 Å². The van der Waals surface area contributed by atoms with Crippen molar-refractivity contribution in [3.05, 3.63) is 63.6 Å². The zero-order valence-corrected chi connectivity index (χ0v) is 13.9. The number of hydroxylamine groups is 2. The van der Waals surface area contributed by atoms with Crippen molar-refractivity contribution < 1.29 is 24.3 Å². The molecule has 2 amide bonds. The Balaban J connectivity index is 1.84. The van der Waals surface area contributed by atoms with E-state index in [9.17, 15) is 24.4 Å². The Kier molecular flexibility index (Phi) is 4.68. The number of methoxy groups -OCH3 is 1. The maximum absolute atomic E-state index is 12.6. The van der Waals surface area contributed by atoms with Crippen LogP contribution in [0.4, 0.5) is 0 Å². The Labute approximate surface area is 148 Å².